The van der Waals surface area contributed by atoms with Gasteiger partial charge in [0, 0.05) is 0 Å². The van der Waals surface area contributed by atoms with Crippen LogP contribution in [-0.2, 0) is 11.8 Å². The molecule has 0 amide bonds. The summed E-state index contributed by atoms with van der Waals surface area (Å²) in [5, 5.41) is 2.90. The monoisotopic (exact) mass is 871 g/mol. The topological polar surface area (TPSA) is 0 Å². The highest BCUT2D eigenvalue weighted by Crippen LogP contribution is 2.53. The smallest absolute Gasteiger partial charge is 0.102 e. The molecule has 0 aliphatic heterocycles. The summed E-state index contributed by atoms with van der Waals surface area (Å²) in [6, 6.07) is 0. The van der Waals surface area contributed by atoms with Crippen molar-refractivity contribution >= 4 is 383 Å². The molecular weight excluding hydrogens is 807 g/mol. The molecule has 0 N–H and O–H groups in total. The van der Waals surface area contributed by atoms with E-state index in [0.717, 1.165) is 6.42 Å². The Morgan fingerprint density at radius 3 is 0.814 bits per heavy atom. The normalized spacial score (nSPS) is 12.6. The Hall–Kier alpha value is -3.38. The van der Waals surface area contributed by atoms with Gasteiger partial charge in [-0.2, -0.15) is 0 Å². The van der Waals surface area contributed by atoms with Crippen molar-refractivity contribution in [1.82, 2.24) is 0 Å². The van der Waals surface area contributed by atoms with Crippen LogP contribution in [0.4, 0.5) is 0 Å². The molecule has 70 heavy (non-hydrogen) atoms. The van der Waals surface area contributed by atoms with Gasteiger partial charge in [0.05, 0.1) is 5.41 Å². The van der Waals surface area contributed by atoms with Gasteiger partial charge in [-0.15, -0.1) is 65.6 Å². The molecule has 7 aromatic carbocycles. The molecule has 7 aromatic rings. The fourth-order valence-electron chi connectivity index (χ4n) is 14.6. The number of benzene rings is 7. The van der Waals surface area contributed by atoms with Crippen molar-refractivity contribution in [1.29, 1.82) is 0 Å². The van der Waals surface area contributed by atoms with Crippen molar-refractivity contribution in [3.05, 3.63) is 33.4 Å². The lowest BCUT2D eigenvalue weighted by Crippen LogP contribution is -2.65. The van der Waals surface area contributed by atoms with E-state index in [-0.39, 0.29) is 0 Å². The SMILES string of the molecule is Bc1c(B)c(B)c(C2(c3c(B)c(B)c(B)c(B)c3B)c3c(B)c(B)c(B)c(B)c3-c3c(Cc4c(B)c(B)c(-c5c(B)c(B)c(B)c6c(B)c(B)c(B)c(B)c56)c(B)c4B)c(B)c(B)c(B)c32)c(B)c1B. The standard InChI is InChI=1S/C42H58B28/c43-14-2(1-3-15(44)20(49)8(21(50)16(3)45)5-6-9(22(51)31(60)17(5)46)23(52)34(63)32(61)18(6)47)4-7-11(25(54)35(64)33(62)19(7)48)42(10(4)24(53)30(14)59,12-26(55)36(65)40(69)37(66)27(12)56)13-28(57)38(67)41(70)39(68)29(13)58/h1,43-70H2. The molecule has 310 valence electrons. The molecular formula is C42H58B28. The first-order valence-corrected chi connectivity index (χ1v) is 26.5. The fraction of sp³-hybridized carbons (Fsp3) is 0.0476. The molecule has 0 nitrogen and oxygen atoms in total. The zero-order valence-electron chi connectivity index (χ0n) is 49.2. The second-order valence-electron chi connectivity index (χ2n) is 23.1. The van der Waals surface area contributed by atoms with Gasteiger partial charge in [0.2, 0.25) is 0 Å². The summed E-state index contributed by atoms with van der Waals surface area (Å²) in [5.41, 5.74) is 54.2. The average molecular weight is 866 g/mol. The van der Waals surface area contributed by atoms with Gasteiger partial charge in [-0.3, -0.25) is 0 Å². The highest BCUT2D eigenvalue weighted by molar-refractivity contribution is 6.75. The second kappa shape index (κ2) is 17.9. The van der Waals surface area contributed by atoms with Crippen LogP contribution in [-0.4, -0.2) is 220 Å². The lowest BCUT2D eigenvalue weighted by Gasteiger charge is -2.44. The van der Waals surface area contributed by atoms with Crippen LogP contribution in [0.25, 0.3) is 33.0 Å². The Balaban J connectivity index is 1.60. The van der Waals surface area contributed by atoms with E-state index in [1.165, 1.54) is 219 Å². The summed E-state index contributed by atoms with van der Waals surface area (Å²) in [5.74, 6) is 0. The van der Waals surface area contributed by atoms with E-state index >= 15 is 0 Å². The average Bonchev–Trinajstić information content (AvgIpc) is 3.63. The fourth-order valence-corrected chi connectivity index (χ4v) is 14.6. The highest BCUT2D eigenvalue weighted by atomic mass is 14.5. The Labute approximate surface area is 447 Å². The van der Waals surface area contributed by atoms with Gasteiger partial charge in [0.15, 0.2) is 0 Å². The molecule has 0 atom stereocenters. The third-order valence-electron chi connectivity index (χ3n) is 21.1. The first kappa shape index (κ1) is 52.9. The van der Waals surface area contributed by atoms with Crippen LogP contribution >= 0.6 is 0 Å². The van der Waals surface area contributed by atoms with Gasteiger partial charge in [0.1, 0.15) is 220 Å². The molecule has 1 aliphatic carbocycles. The van der Waals surface area contributed by atoms with Crippen molar-refractivity contribution in [3.8, 4) is 22.3 Å². The largest absolute Gasteiger partial charge is 0.139 e. The predicted octanol–water partition coefficient (Wildman–Crippen LogP) is -38.3. The third kappa shape index (κ3) is 6.77. The summed E-state index contributed by atoms with van der Waals surface area (Å²) in [7, 11) is 67.4. The molecule has 0 saturated carbocycles. The lowest BCUT2D eigenvalue weighted by molar-refractivity contribution is 0.805. The van der Waals surface area contributed by atoms with Crippen LogP contribution in [0.15, 0.2) is 0 Å². The van der Waals surface area contributed by atoms with E-state index < -0.39 is 5.41 Å². The molecule has 28 heteroatoms. The van der Waals surface area contributed by atoms with E-state index in [9.17, 15) is 0 Å². The summed E-state index contributed by atoms with van der Waals surface area (Å²) in [6.07, 6.45) is 0.882. The maximum absolute atomic E-state index is 2.48. The highest BCUT2D eigenvalue weighted by Gasteiger charge is 2.52. The summed E-state index contributed by atoms with van der Waals surface area (Å²) in [6.45, 7) is 0. The van der Waals surface area contributed by atoms with Gasteiger partial charge >= 0.3 is 0 Å². The molecule has 0 bridgehead atoms. The minimum atomic E-state index is -0.543. The van der Waals surface area contributed by atoms with E-state index in [4.69, 9.17) is 0 Å². The van der Waals surface area contributed by atoms with Crippen LogP contribution in [0.1, 0.15) is 33.4 Å². The third-order valence-corrected chi connectivity index (χ3v) is 21.1. The molecule has 0 spiro atoms. The molecule has 0 radical (unpaired) electrons. The Bertz CT molecular complexity index is 3450. The molecule has 0 fully saturated rings. The summed E-state index contributed by atoms with van der Waals surface area (Å²) >= 11 is 0. The van der Waals surface area contributed by atoms with Crippen LogP contribution < -0.4 is 153 Å². The molecule has 0 heterocycles. The lowest BCUT2D eigenvalue weighted by atomic mass is 9.47. The Morgan fingerprint density at radius 1 is 0.171 bits per heavy atom. The zero-order chi connectivity index (χ0) is 52.3. The van der Waals surface area contributed by atoms with Crippen LogP contribution in [0.2, 0.25) is 0 Å². The van der Waals surface area contributed by atoms with Gasteiger partial charge in [-0.1, -0.05) is 93.0 Å². The minimum Gasteiger partial charge on any atom is -0.102 e. The quantitative estimate of drug-likeness (QED) is 0.151. The van der Waals surface area contributed by atoms with Crippen molar-refractivity contribution in [3.63, 3.8) is 0 Å². The van der Waals surface area contributed by atoms with Gasteiger partial charge < -0.3 is 0 Å². The molecule has 8 rings (SSSR count). The minimum absolute atomic E-state index is 0.543. The molecule has 1 aliphatic rings. The van der Waals surface area contributed by atoms with Gasteiger partial charge in [0.25, 0.3) is 0 Å². The molecule has 0 unspecified atom stereocenters. The molecule has 0 aromatic heterocycles. The van der Waals surface area contributed by atoms with Gasteiger partial charge in [-0.05, 0) is 67.3 Å². The van der Waals surface area contributed by atoms with Crippen molar-refractivity contribution < 1.29 is 0 Å². The Morgan fingerprint density at radius 2 is 0.414 bits per heavy atom. The predicted molar refractivity (Wildman–Crippen MR) is 405 cm³/mol. The number of hydrogen-bond donors (Lipinski definition) is 0. The van der Waals surface area contributed by atoms with Gasteiger partial charge in [-0.25, -0.2) is 0 Å². The van der Waals surface area contributed by atoms with Crippen molar-refractivity contribution in [2.75, 3.05) is 0 Å². The number of hydrogen-bond acceptors (Lipinski definition) is 0. The van der Waals surface area contributed by atoms with E-state index in [1.807, 2.05) is 0 Å². The molecule has 0 saturated heterocycles. The first-order valence-electron chi connectivity index (χ1n) is 26.5. The first-order chi connectivity index (χ1) is 32.5. The van der Waals surface area contributed by atoms with Crippen molar-refractivity contribution in [2.45, 2.75) is 11.8 Å². The second-order valence-corrected chi connectivity index (χ2v) is 23.1. The maximum atomic E-state index is 2.48. The summed E-state index contributed by atoms with van der Waals surface area (Å²) < 4.78 is 0. The van der Waals surface area contributed by atoms with Crippen LogP contribution in [0.3, 0.4) is 0 Å². The zero-order valence-corrected chi connectivity index (χ0v) is 49.2. The van der Waals surface area contributed by atoms with E-state index in [0.29, 0.717) is 0 Å². The van der Waals surface area contributed by atoms with Crippen molar-refractivity contribution in [2.24, 2.45) is 0 Å². The maximum Gasteiger partial charge on any atom is 0.139 e. The number of rotatable bonds is 5. The van der Waals surface area contributed by atoms with E-state index in [2.05, 4.69) is 220 Å². The van der Waals surface area contributed by atoms with E-state index in [1.54, 1.807) is 0 Å². The van der Waals surface area contributed by atoms with Crippen LogP contribution in [0.5, 0.6) is 0 Å². The Kier molecular flexibility index (Phi) is 13.6. The summed E-state index contributed by atoms with van der Waals surface area (Å²) in [4.78, 5) is 0. The number of fused-ring (bicyclic) bond motifs is 4. The van der Waals surface area contributed by atoms with Crippen LogP contribution in [0, 0.1) is 0 Å².